The molecule has 1 unspecified atom stereocenters. The van der Waals surface area contributed by atoms with Crippen LogP contribution in [0.4, 0.5) is 5.69 Å². The number of aromatic nitrogens is 2. The fourth-order valence-electron chi connectivity index (χ4n) is 4.28. The number of aryl methyl sites for hydroxylation is 1. The summed E-state index contributed by atoms with van der Waals surface area (Å²) in [6.07, 6.45) is 3.14. The van der Waals surface area contributed by atoms with Crippen LogP contribution in [0.25, 0.3) is 11.0 Å². The lowest BCUT2D eigenvalue weighted by Gasteiger charge is -2.31. The standard InChI is InChI=1S/C23H24N4O3/c28-21-10-7-15-12-17(8-9-18(15)24-21)30-14-22(29)27-11-3-4-16(13-27)23-25-19-5-1-2-6-20(19)26-23/h1-2,5-6,8-9,12,16H,3-4,7,10-11,13-14H2,(H,24,28)(H,25,26). The van der Waals surface area contributed by atoms with E-state index in [-0.39, 0.29) is 24.3 Å². The van der Waals surface area contributed by atoms with Gasteiger partial charge in [0.25, 0.3) is 5.91 Å². The number of carbonyl (C=O) groups excluding carboxylic acids is 2. The van der Waals surface area contributed by atoms with Gasteiger partial charge in [-0.25, -0.2) is 4.98 Å². The highest BCUT2D eigenvalue weighted by Gasteiger charge is 2.27. The molecule has 3 aromatic rings. The molecule has 1 aromatic heterocycles. The lowest BCUT2D eigenvalue weighted by Crippen LogP contribution is -2.41. The van der Waals surface area contributed by atoms with Crippen LogP contribution in [-0.4, -0.2) is 46.4 Å². The molecule has 2 N–H and O–H groups in total. The normalized spacial score (nSPS) is 18.7. The Hall–Kier alpha value is -3.35. The van der Waals surface area contributed by atoms with E-state index in [0.29, 0.717) is 25.1 Å². The second-order valence-corrected chi connectivity index (χ2v) is 7.97. The average molecular weight is 404 g/mol. The molecule has 2 aromatic carbocycles. The number of amides is 2. The third kappa shape index (κ3) is 3.75. The number of rotatable bonds is 4. The number of para-hydroxylation sites is 2. The molecule has 7 heteroatoms. The van der Waals surface area contributed by atoms with Crippen LogP contribution < -0.4 is 10.1 Å². The number of anilines is 1. The van der Waals surface area contributed by atoms with Crippen LogP contribution in [0.1, 0.15) is 36.6 Å². The maximum atomic E-state index is 12.8. The third-order valence-corrected chi connectivity index (χ3v) is 5.90. The van der Waals surface area contributed by atoms with Gasteiger partial charge in [0, 0.05) is 31.1 Å². The van der Waals surface area contributed by atoms with Gasteiger partial charge in [0.15, 0.2) is 6.61 Å². The van der Waals surface area contributed by atoms with E-state index in [1.807, 2.05) is 41.3 Å². The number of hydrogen-bond acceptors (Lipinski definition) is 4. The minimum atomic E-state index is -0.0122. The zero-order chi connectivity index (χ0) is 20.5. The molecule has 1 saturated heterocycles. The fraction of sp³-hybridized carbons (Fsp3) is 0.348. The molecule has 3 heterocycles. The summed E-state index contributed by atoms with van der Waals surface area (Å²) in [5.41, 5.74) is 3.86. The van der Waals surface area contributed by atoms with E-state index < -0.39 is 0 Å². The van der Waals surface area contributed by atoms with Crippen molar-refractivity contribution < 1.29 is 14.3 Å². The summed E-state index contributed by atoms with van der Waals surface area (Å²) >= 11 is 0. The molecule has 0 saturated carbocycles. The molecule has 0 radical (unpaired) electrons. The first-order chi connectivity index (χ1) is 14.7. The monoisotopic (exact) mass is 404 g/mol. The van der Waals surface area contributed by atoms with Crippen LogP contribution in [0, 0.1) is 0 Å². The Balaban J connectivity index is 1.21. The SMILES string of the molecule is O=C1CCc2cc(OCC(=O)N3CCCC(c4nc5ccccc5[nH]4)C3)ccc2N1. The van der Waals surface area contributed by atoms with E-state index in [9.17, 15) is 9.59 Å². The van der Waals surface area contributed by atoms with Gasteiger partial charge in [-0.2, -0.15) is 0 Å². The van der Waals surface area contributed by atoms with Gasteiger partial charge in [-0.05, 0) is 55.2 Å². The molecule has 154 valence electrons. The lowest BCUT2D eigenvalue weighted by atomic mass is 9.97. The molecule has 5 rings (SSSR count). The molecule has 0 spiro atoms. The summed E-state index contributed by atoms with van der Waals surface area (Å²) in [7, 11) is 0. The van der Waals surface area contributed by atoms with Crippen LogP contribution in [0.15, 0.2) is 42.5 Å². The van der Waals surface area contributed by atoms with Gasteiger partial charge in [0.2, 0.25) is 5.91 Å². The minimum absolute atomic E-state index is 0.0119. The molecule has 2 aliphatic heterocycles. The Morgan fingerprint density at radius 1 is 1.20 bits per heavy atom. The van der Waals surface area contributed by atoms with Gasteiger partial charge in [0.05, 0.1) is 11.0 Å². The smallest absolute Gasteiger partial charge is 0.260 e. The van der Waals surface area contributed by atoms with Crippen molar-refractivity contribution in [2.45, 2.75) is 31.6 Å². The Labute approximate surface area is 174 Å². The molecule has 2 amide bonds. The van der Waals surface area contributed by atoms with Crippen molar-refractivity contribution in [3.05, 3.63) is 53.9 Å². The predicted molar refractivity (Wildman–Crippen MR) is 114 cm³/mol. The van der Waals surface area contributed by atoms with E-state index in [4.69, 9.17) is 9.72 Å². The number of fused-ring (bicyclic) bond motifs is 2. The molecule has 2 aliphatic rings. The van der Waals surface area contributed by atoms with Crippen molar-refractivity contribution >= 4 is 28.5 Å². The molecule has 1 atom stereocenters. The quantitative estimate of drug-likeness (QED) is 0.699. The fourth-order valence-corrected chi connectivity index (χ4v) is 4.28. The van der Waals surface area contributed by atoms with Crippen molar-refractivity contribution in [3.8, 4) is 5.75 Å². The van der Waals surface area contributed by atoms with E-state index in [2.05, 4.69) is 10.3 Å². The first-order valence-corrected chi connectivity index (χ1v) is 10.4. The highest BCUT2D eigenvalue weighted by Crippen LogP contribution is 2.28. The summed E-state index contributed by atoms with van der Waals surface area (Å²) in [6, 6.07) is 13.5. The van der Waals surface area contributed by atoms with E-state index in [0.717, 1.165) is 47.5 Å². The number of H-pyrrole nitrogens is 1. The molecule has 7 nitrogen and oxygen atoms in total. The molecule has 0 aliphatic carbocycles. The number of hydrogen-bond donors (Lipinski definition) is 2. The van der Waals surface area contributed by atoms with Crippen molar-refractivity contribution in [1.29, 1.82) is 0 Å². The van der Waals surface area contributed by atoms with E-state index in [1.165, 1.54) is 0 Å². The second kappa shape index (κ2) is 7.82. The zero-order valence-corrected chi connectivity index (χ0v) is 16.7. The average Bonchev–Trinajstić information content (AvgIpc) is 3.22. The molecular weight excluding hydrogens is 380 g/mol. The van der Waals surface area contributed by atoms with Gasteiger partial charge >= 0.3 is 0 Å². The number of piperidine rings is 1. The number of nitrogens with zero attached hydrogens (tertiary/aromatic N) is 2. The highest BCUT2D eigenvalue weighted by molar-refractivity contribution is 5.94. The summed E-state index contributed by atoms with van der Waals surface area (Å²) in [4.78, 5) is 34.2. The van der Waals surface area contributed by atoms with Crippen molar-refractivity contribution in [2.75, 3.05) is 25.0 Å². The molecular formula is C23H24N4O3. The van der Waals surface area contributed by atoms with Crippen LogP contribution in [0.2, 0.25) is 0 Å². The van der Waals surface area contributed by atoms with Crippen molar-refractivity contribution in [3.63, 3.8) is 0 Å². The summed E-state index contributed by atoms with van der Waals surface area (Å²) in [5.74, 6) is 1.84. The van der Waals surface area contributed by atoms with E-state index in [1.54, 1.807) is 6.07 Å². The van der Waals surface area contributed by atoms with Gasteiger partial charge in [0.1, 0.15) is 11.6 Å². The Kier molecular flexibility index (Phi) is 4.86. The first-order valence-electron chi connectivity index (χ1n) is 10.4. The maximum Gasteiger partial charge on any atom is 0.260 e. The summed E-state index contributed by atoms with van der Waals surface area (Å²) < 4.78 is 5.78. The van der Waals surface area contributed by atoms with Gasteiger partial charge < -0.3 is 19.9 Å². The Bertz CT molecular complexity index is 1070. The van der Waals surface area contributed by atoms with E-state index >= 15 is 0 Å². The number of likely N-dealkylation sites (tertiary alicyclic amines) is 1. The topological polar surface area (TPSA) is 87.3 Å². The van der Waals surface area contributed by atoms with Crippen LogP contribution in [-0.2, 0) is 16.0 Å². The van der Waals surface area contributed by atoms with Crippen LogP contribution in [0.3, 0.4) is 0 Å². The number of carbonyl (C=O) groups is 2. The Morgan fingerprint density at radius 3 is 3.00 bits per heavy atom. The minimum Gasteiger partial charge on any atom is -0.484 e. The van der Waals surface area contributed by atoms with Crippen molar-refractivity contribution in [2.24, 2.45) is 0 Å². The number of aromatic amines is 1. The predicted octanol–water partition coefficient (Wildman–Crippen LogP) is 3.23. The second-order valence-electron chi connectivity index (χ2n) is 7.97. The molecule has 30 heavy (non-hydrogen) atoms. The largest absolute Gasteiger partial charge is 0.484 e. The van der Waals surface area contributed by atoms with Gasteiger partial charge in [-0.3, -0.25) is 9.59 Å². The number of nitrogens with one attached hydrogen (secondary N) is 2. The van der Waals surface area contributed by atoms with Crippen molar-refractivity contribution in [1.82, 2.24) is 14.9 Å². The third-order valence-electron chi connectivity index (χ3n) is 5.90. The molecule has 1 fully saturated rings. The van der Waals surface area contributed by atoms with Gasteiger partial charge in [-0.15, -0.1) is 0 Å². The first kappa shape index (κ1) is 18.7. The van der Waals surface area contributed by atoms with Crippen LogP contribution in [0.5, 0.6) is 5.75 Å². The zero-order valence-electron chi connectivity index (χ0n) is 16.7. The van der Waals surface area contributed by atoms with Gasteiger partial charge in [-0.1, -0.05) is 12.1 Å². The number of benzene rings is 2. The Morgan fingerprint density at radius 2 is 2.10 bits per heavy atom. The summed E-state index contributed by atoms with van der Waals surface area (Å²) in [5, 5.41) is 2.86. The summed E-state index contributed by atoms with van der Waals surface area (Å²) in [6.45, 7) is 1.41. The van der Waals surface area contributed by atoms with Crippen LogP contribution >= 0.6 is 0 Å². The lowest BCUT2D eigenvalue weighted by molar-refractivity contribution is -0.134. The maximum absolute atomic E-state index is 12.8. The number of ether oxygens (including phenoxy) is 1. The molecule has 0 bridgehead atoms. The number of imidazole rings is 1. The highest BCUT2D eigenvalue weighted by atomic mass is 16.5.